The van der Waals surface area contributed by atoms with Gasteiger partial charge in [-0.2, -0.15) is 5.26 Å². The molecule has 0 amide bonds. The minimum absolute atomic E-state index is 0.442. The highest BCUT2D eigenvalue weighted by Crippen LogP contribution is 2.37. The molecule has 0 unspecified atom stereocenters. The molecule has 5 heteroatoms. The first-order valence-electron chi connectivity index (χ1n) is 7.32. The number of carboxylic acid groups (broad SMARTS) is 1. The van der Waals surface area contributed by atoms with Gasteiger partial charge in [-0.15, -0.1) is 0 Å². The molecule has 0 N–H and O–H groups in total. The predicted octanol–water partition coefficient (Wildman–Crippen LogP) is 2.72. The normalized spacial score (nSPS) is 11.7. The van der Waals surface area contributed by atoms with Crippen molar-refractivity contribution in [1.82, 2.24) is 4.98 Å². The molecule has 2 aromatic rings. The Hall–Kier alpha value is -2.32. The number of nitriles is 1. The highest BCUT2D eigenvalue weighted by atomic mass is 32.2. The summed E-state index contributed by atoms with van der Waals surface area (Å²) in [6.45, 7) is 5.78. The number of carbonyl (C=O) groups is 1. The standard InChI is InChI=1S/C18H18N2O2S/c1-4-14-11(2)15(10-19)17(20-12(14)3)23-16(18(21)22)13-8-6-5-7-9-13/h5-9,16H,4H2,1-3H3,(H,21,22)/p-1/t16-/m1/s1. The van der Waals surface area contributed by atoms with Gasteiger partial charge >= 0.3 is 0 Å². The molecule has 0 spiro atoms. The summed E-state index contributed by atoms with van der Waals surface area (Å²) in [5.74, 6) is -1.19. The van der Waals surface area contributed by atoms with Crippen LogP contribution < -0.4 is 5.11 Å². The Bertz CT molecular complexity index is 767. The molecular formula is C18H17N2O2S-. The van der Waals surface area contributed by atoms with Crippen LogP contribution in [0, 0.1) is 25.2 Å². The zero-order valence-electron chi connectivity index (χ0n) is 13.3. The highest BCUT2D eigenvalue weighted by Gasteiger charge is 2.20. The average Bonchev–Trinajstić information content (AvgIpc) is 2.53. The second-order valence-electron chi connectivity index (χ2n) is 5.17. The van der Waals surface area contributed by atoms with Crippen LogP contribution in [0.3, 0.4) is 0 Å². The van der Waals surface area contributed by atoms with Gasteiger partial charge in [-0.3, -0.25) is 0 Å². The predicted molar refractivity (Wildman–Crippen MR) is 87.9 cm³/mol. The number of rotatable bonds is 5. The number of carboxylic acids is 1. The number of aromatic nitrogens is 1. The summed E-state index contributed by atoms with van der Waals surface area (Å²) in [4.78, 5) is 16.0. The molecule has 1 aromatic heterocycles. The number of carbonyl (C=O) groups excluding carboxylic acids is 1. The van der Waals surface area contributed by atoms with E-state index < -0.39 is 11.2 Å². The van der Waals surface area contributed by atoms with E-state index in [1.807, 2.05) is 26.8 Å². The maximum Gasteiger partial charge on any atom is 0.115 e. The third-order valence-electron chi connectivity index (χ3n) is 3.76. The molecule has 0 bridgehead atoms. The van der Waals surface area contributed by atoms with Gasteiger partial charge in [-0.05, 0) is 37.0 Å². The van der Waals surface area contributed by atoms with Gasteiger partial charge in [0, 0.05) is 5.69 Å². The molecule has 23 heavy (non-hydrogen) atoms. The van der Waals surface area contributed by atoms with E-state index in [1.165, 1.54) is 0 Å². The molecule has 0 saturated carbocycles. The van der Waals surface area contributed by atoms with Crippen LogP contribution in [0.5, 0.6) is 0 Å². The lowest BCUT2D eigenvalue weighted by Gasteiger charge is -2.20. The van der Waals surface area contributed by atoms with Gasteiger partial charge < -0.3 is 9.90 Å². The van der Waals surface area contributed by atoms with Gasteiger partial charge in [0.05, 0.1) is 16.8 Å². The average molecular weight is 325 g/mol. The Morgan fingerprint density at radius 1 is 1.35 bits per heavy atom. The third kappa shape index (κ3) is 3.54. The minimum Gasteiger partial charge on any atom is -0.549 e. The smallest absolute Gasteiger partial charge is 0.115 e. The SMILES string of the molecule is CCc1c(C)nc(S[C@@H](C(=O)[O-])c2ccccc2)c(C#N)c1C. The number of hydrogen-bond donors (Lipinski definition) is 0. The fraction of sp³-hybridized carbons (Fsp3) is 0.278. The molecule has 118 valence electrons. The topological polar surface area (TPSA) is 76.8 Å². The molecule has 0 aliphatic carbocycles. The molecule has 0 aliphatic heterocycles. The summed E-state index contributed by atoms with van der Waals surface area (Å²) in [5.41, 5.74) is 3.81. The Kier molecular flexibility index (Phi) is 5.41. The van der Waals surface area contributed by atoms with Gasteiger partial charge in [0.15, 0.2) is 0 Å². The van der Waals surface area contributed by atoms with Crippen LogP contribution in [0.4, 0.5) is 0 Å². The van der Waals surface area contributed by atoms with Crippen LogP contribution in [0.15, 0.2) is 35.4 Å². The van der Waals surface area contributed by atoms with Crippen LogP contribution in [0.1, 0.15) is 40.1 Å². The third-order valence-corrected chi connectivity index (χ3v) is 4.98. The van der Waals surface area contributed by atoms with Gasteiger partial charge in [0.2, 0.25) is 0 Å². The first-order valence-corrected chi connectivity index (χ1v) is 8.20. The van der Waals surface area contributed by atoms with Gasteiger partial charge in [-0.1, -0.05) is 49.0 Å². The van der Waals surface area contributed by atoms with Crippen LogP contribution in [0.25, 0.3) is 0 Å². The second kappa shape index (κ2) is 7.30. The Labute approximate surface area is 140 Å². The van der Waals surface area contributed by atoms with Crippen LogP contribution in [-0.2, 0) is 11.2 Å². The van der Waals surface area contributed by atoms with Crippen LogP contribution in [-0.4, -0.2) is 11.0 Å². The van der Waals surface area contributed by atoms with Crippen molar-refractivity contribution in [3.05, 3.63) is 58.3 Å². The van der Waals surface area contributed by atoms with E-state index in [0.29, 0.717) is 16.2 Å². The van der Waals surface area contributed by atoms with Crippen molar-refractivity contribution in [3.63, 3.8) is 0 Å². The van der Waals surface area contributed by atoms with Crippen LogP contribution in [0.2, 0.25) is 0 Å². The van der Waals surface area contributed by atoms with Crippen molar-refractivity contribution in [1.29, 1.82) is 5.26 Å². The summed E-state index contributed by atoms with van der Waals surface area (Å²) in [6, 6.07) is 11.0. The zero-order valence-corrected chi connectivity index (χ0v) is 14.1. The molecule has 1 heterocycles. The fourth-order valence-electron chi connectivity index (χ4n) is 2.59. The number of thioether (sulfide) groups is 1. The second-order valence-corrected chi connectivity index (χ2v) is 6.27. The summed E-state index contributed by atoms with van der Waals surface area (Å²) < 4.78 is 0. The summed E-state index contributed by atoms with van der Waals surface area (Å²) in [6.07, 6.45) is 0.785. The maximum absolute atomic E-state index is 11.6. The monoisotopic (exact) mass is 325 g/mol. The zero-order chi connectivity index (χ0) is 17.0. The first-order chi connectivity index (χ1) is 11.0. The summed E-state index contributed by atoms with van der Waals surface area (Å²) >= 11 is 1.05. The van der Waals surface area contributed by atoms with Gasteiger partial charge in [-0.25, -0.2) is 4.98 Å². The largest absolute Gasteiger partial charge is 0.549 e. The van der Waals surface area contributed by atoms with E-state index in [0.717, 1.165) is 35.0 Å². The van der Waals surface area contributed by atoms with E-state index in [9.17, 15) is 15.2 Å². The first kappa shape index (κ1) is 17.0. The lowest BCUT2D eigenvalue weighted by atomic mass is 10.0. The van der Waals surface area contributed by atoms with Crippen molar-refractivity contribution in [2.45, 2.75) is 37.5 Å². The molecule has 2 rings (SSSR count). The lowest BCUT2D eigenvalue weighted by molar-refractivity contribution is -0.305. The number of benzene rings is 1. The van der Waals surface area contributed by atoms with E-state index in [4.69, 9.17) is 0 Å². The molecule has 0 saturated heterocycles. The number of aryl methyl sites for hydroxylation is 1. The Balaban J connectivity index is 2.50. The number of nitrogens with zero attached hydrogens (tertiary/aromatic N) is 2. The van der Waals surface area contributed by atoms with Crippen molar-refractivity contribution >= 4 is 17.7 Å². The molecule has 1 aromatic carbocycles. The molecule has 0 aliphatic rings. The Morgan fingerprint density at radius 3 is 2.52 bits per heavy atom. The van der Waals surface area contributed by atoms with Crippen molar-refractivity contribution in [2.75, 3.05) is 0 Å². The molecular weight excluding hydrogens is 308 g/mol. The van der Waals surface area contributed by atoms with Crippen molar-refractivity contribution in [3.8, 4) is 6.07 Å². The van der Waals surface area contributed by atoms with E-state index in [-0.39, 0.29) is 0 Å². The Morgan fingerprint density at radius 2 is 2.00 bits per heavy atom. The molecule has 1 atom stereocenters. The van der Waals surface area contributed by atoms with Gasteiger partial charge in [0.25, 0.3) is 0 Å². The highest BCUT2D eigenvalue weighted by molar-refractivity contribution is 8.00. The number of aliphatic carboxylic acids is 1. The van der Waals surface area contributed by atoms with E-state index in [2.05, 4.69) is 11.1 Å². The molecule has 0 fully saturated rings. The molecule has 0 radical (unpaired) electrons. The lowest BCUT2D eigenvalue weighted by Crippen LogP contribution is -2.28. The fourth-order valence-corrected chi connectivity index (χ4v) is 3.71. The summed E-state index contributed by atoms with van der Waals surface area (Å²) in [7, 11) is 0. The van der Waals surface area contributed by atoms with Crippen molar-refractivity contribution < 1.29 is 9.90 Å². The quantitative estimate of drug-likeness (QED) is 0.790. The van der Waals surface area contributed by atoms with Crippen molar-refractivity contribution in [2.24, 2.45) is 0 Å². The van der Waals surface area contributed by atoms with Crippen LogP contribution >= 0.6 is 11.8 Å². The number of hydrogen-bond acceptors (Lipinski definition) is 5. The van der Waals surface area contributed by atoms with E-state index in [1.54, 1.807) is 24.3 Å². The number of pyridine rings is 1. The minimum atomic E-state index is -1.19. The maximum atomic E-state index is 11.6. The van der Waals surface area contributed by atoms with E-state index >= 15 is 0 Å². The molecule has 4 nitrogen and oxygen atoms in total. The van der Waals surface area contributed by atoms with Gasteiger partial charge in [0.1, 0.15) is 11.1 Å². The summed E-state index contributed by atoms with van der Waals surface area (Å²) in [5, 5.41) is 20.6.